The number of halogens is 5. The quantitative estimate of drug-likeness (QED) is 0.618. The zero-order chi connectivity index (χ0) is 19.7. The van der Waals surface area contributed by atoms with Crippen molar-refractivity contribution in [1.82, 2.24) is 5.32 Å². The fourth-order valence-electron chi connectivity index (χ4n) is 2.07. The van der Waals surface area contributed by atoms with Gasteiger partial charge in [-0.25, -0.2) is 8.42 Å². The predicted octanol–water partition coefficient (Wildman–Crippen LogP) is 5.20. The summed E-state index contributed by atoms with van der Waals surface area (Å²) >= 11 is 29.3. The Morgan fingerprint density at radius 2 is 1.62 bits per heavy atom. The Balaban J connectivity index is 2.42. The lowest BCUT2D eigenvalue weighted by molar-refractivity contribution is 0.0948. The molecule has 1 atom stereocenters. The van der Waals surface area contributed by atoms with E-state index in [-0.39, 0.29) is 15.5 Å². The van der Waals surface area contributed by atoms with Crippen LogP contribution in [-0.2, 0) is 9.84 Å². The molecule has 2 rings (SSSR count). The molecule has 0 heterocycles. The molecule has 0 aromatic heterocycles. The number of carbonyl (C=O) groups excluding carboxylic acids is 1. The molecule has 4 nitrogen and oxygen atoms in total. The second-order valence-electron chi connectivity index (χ2n) is 5.38. The van der Waals surface area contributed by atoms with Gasteiger partial charge < -0.3 is 5.32 Å². The molecule has 0 saturated heterocycles. The number of nitrogens with one attached hydrogen (secondary N) is 1. The number of alkyl halides is 3. The maximum absolute atomic E-state index is 12.9. The maximum Gasteiger partial charge on any atom is 0.253 e. The fourth-order valence-corrected chi connectivity index (χ4v) is 5.18. The number of benzene rings is 2. The topological polar surface area (TPSA) is 63.2 Å². The van der Waals surface area contributed by atoms with Crippen LogP contribution in [0.3, 0.4) is 0 Å². The normalized spacial score (nSPS) is 13.3. The van der Waals surface area contributed by atoms with Gasteiger partial charge in [-0.2, -0.15) is 0 Å². The molecular weight excluding hydrogens is 464 g/mol. The van der Waals surface area contributed by atoms with Gasteiger partial charge in [0, 0.05) is 5.02 Å². The summed E-state index contributed by atoms with van der Waals surface area (Å²) in [6, 6.07) is 10.1. The van der Waals surface area contributed by atoms with Crippen molar-refractivity contribution in [2.45, 2.75) is 21.0 Å². The van der Waals surface area contributed by atoms with Gasteiger partial charge >= 0.3 is 0 Å². The first-order valence-electron chi connectivity index (χ1n) is 7.06. The third kappa shape index (κ3) is 4.97. The van der Waals surface area contributed by atoms with Crippen LogP contribution in [0.5, 0.6) is 0 Å². The molecule has 0 spiro atoms. The third-order valence-electron chi connectivity index (χ3n) is 3.40. The fraction of sp³-hybridized carbons (Fsp3) is 0.188. The molecule has 0 aliphatic rings. The summed E-state index contributed by atoms with van der Waals surface area (Å²) < 4.78 is 23.4. The molecule has 1 N–H and O–H groups in total. The van der Waals surface area contributed by atoms with Gasteiger partial charge in [0.2, 0.25) is 13.6 Å². The molecule has 0 bridgehead atoms. The van der Waals surface area contributed by atoms with Crippen molar-refractivity contribution in [3.05, 3.63) is 63.6 Å². The molecule has 0 radical (unpaired) electrons. The lowest BCUT2D eigenvalue weighted by atomic mass is 10.2. The number of amides is 1. The van der Waals surface area contributed by atoms with E-state index in [1.165, 1.54) is 30.3 Å². The minimum Gasteiger partial charge on any atom is -0.332 e. The Hall–Kier alpha value is -0.690. The summed E-state index contributed by atoms with van der Waals surface area (Å²) in [4.78, 5) is 12.4. The van der Waals surface area contributed by atoms with Crippen molar-refractivity contribution in [1.29, 1.82) is 0 Å². The van der Waals surface area contributed by atoms with Crippen molar-refractivity contribution in [2.75, 3.05) is 0 Å². The van der Waals surface area contributed by atoms with E-state index in [1.807, 2.05) is 0 Å². The maximum atomic E-state index is 12.9. The second-order valence-corrected chi connectivity index (χ2v) is 10.6. The van der Waals surface area contributed by atoms with Crippen molar-refractivity contribution < 1.29 is 13.2 Å². The highest BCUT2D eigenvalue weighted by atomic mass is 35.6. The molecule has 1 unspecified atom stereocenters. The van der Waals surface area contributed by atoms with E-state index in [1.54, 1.807) is 19.1 Å². The van der Waals surface area contributed by atoms with E-state index >= 15 is 0 Å². The largest absolute Gasteiger partial charge is 0.332 e. The minimum absolute atomic E-state index is 0.00516. The average Bonchev–Trinajstić information content (AvgIpc) is 2.51. The molecule has 2 aromatic carbocycles. The van der Waals surface area contributed by atoms with Crippen LogP contribution in [0.2, 0.25) is 10.0 Å². The zero-order valence-corrected chi connectivity index (χ0v) is 17.7. The van der Waals surface area contributed by atoms with Crippen LogP contribution in [0.25, 0.3) is 0 Å². The molecule has 26 heavy (non-hydrogen) atoms. The van der Waals surface area contributed by atoms with E-state index in [9.17, 15) is 13.2 Å². The zero-order valence-electron chi connectivity index (χ0n) is 13.1. The Kier molecular flexibility index (Phi) is 6.76. The lowest BCUT2D eigenvalue weighted by Gasteiger charge is -2.25. The monoisotopic (exact) mass is 473 g/mol. The molecule has 140 valence electrons. The molecule has 2 aromatic rings. The number of carbonyl (C=O) groups is 1. The van der Waals surface area contributed by atoms with Gasteiger partial charge in [-0.05, 0) is 37.3 Å². The van der Waals surface area contributed by atoms with Gasteiger partial charge in [-0.3, -0.25) is 4.79 Å². The van der Waals surface area contributed by atoms with E-state index < -0.39 is 24.9 Å². The van der Waals surface area contributed by atoms with Crippen LogP contribution < -0.4 is 5.32 Å². The number of aryl methyl sites for hydroxylation is 1. The smallest absolute Gasteiger partial charge is 0.253 e. The minimum atomic E-state index is -4.20. The summed E-state index contributed by atoms with van der Waals surface area (Å²) in [7, 11) is -4.20. The van der Waals surface area contributed by atoms with Crippen LogP contribution in [0.4, 0.5) is 0 Å². The van der Waals surface area contributed by atoms with Crippen molar-refractivity contribution >= 4 is 73.7 Å². The van der Waals surface area contributed by atoms with Gasteiger partial charge in [0.1, 0.15) is 0 Å². The molecule has 0 aliphatic heterocycles. The summed E-state index contributed by atoms with van der Waals surface area (Å²) in [5.74, 6) is -0.821. The Bertz CT molecular complexity index is 924. The molecule has 10 heteroatoms. The number of rotatable bonds is 4. The van der Waals surface area contributed by atoms with E-state index in [0.717, 1.165) is 5.56 Å². The lowest BCUT2D eigenvalue weighted by Crippen LogP contribution is -2.49. The van der Waals surface area contributed by atoms with Gasteiger partial charge in [-0.15, -0.1) is 0 Å². The highest BCUT2D eigenvalue weighted by Crippen LogP contribution is 2.36. The summed E-state index contributed by atoms with van der Waals surface area (Å²) in [6.07, 6.45) is 0. The Morgan fingerprint density at radius 1 is 1.04 bits per heavy atom. The highest BCUT2D eigenvalue weighted by Gasteiger charge is 2.44. The van der Waals surface area contributed by atoms with E-state index in [2.05, 4.69) is 5.32 Å². The SMILES string of the molecule is Cc1ccc(S(=O)(=O)C(NC(=O)c2ccc(Cl)cc2Cl)C(Cl)(Cl)Cl)cc1. The van der Waals surface area contributed by atoms with Gasteiger partial charge in [0.15, 0.2) is 5.37 Å². The van der Waals surface area contributed by atoms with Crippen molar-refractivity contribution in [3.63, 3.8) is 0 Å². The third-order valence-corrected chi connectivity index (χ3v) is 7.01. The Morgan fingerprint density at radius 3 is 2.12 bits per heavy atom. The standard InChI is InChI=1S/C16H12Cl5NO3S/c1-9-2-5-11(6-3-9)26(24,25)15(16(19,20)21)22-14(23)12-7-4-10(17)8-13(12)18/h2-8,15H,1H3,(H,22,23). The average molecular weight is 476 g/mol. The molecular formula is C16H12Cl5NO3S. The first kappa shape index (κ1) is 21.6. The molecule has 0 fully saturated rings. The number of hydrogen-bond donors (Lipinski definition) is 1. The molecule has 0 aliphatic carbocycles. The van der Waals surface area contributed by atoms with E-state index in [4.69, 9.17) is 58.0 Å². The van der Waals surface area contributed by atoms with Gasteiger partial charge in [-0.1, -0.05) is 75.7 Å². The first-order valence-corrected chi connectivity index (χ1v) is 10.5. The van der Waals surface area contributed by atoms with Crippen molar-refractivity contribution in [2.24, 2.45) is 0 Å². The molecule has 1 amide bonds. The Labute approximate surface area is 176 Å². The summed E-state index contributed by atoms with van der Waals surface area (Å²) in [5.41, 5.74) is 0.848. The first-order chi connectivity index (χ1) is 11.9. The number of sulfone groups is 1. The van der Waals surface area contributed by atoms with Gasteiger partial charge in [0.25, 0.3) is 5.91 Å². The second kappa shape index (κ2) is 8.13. The van der Waals surface area contributed by atoms with Crippen LogP contribution in [-0.4, -0.2) is 23.5 Å². The van der Waals surface area contributed by atoms with Crippen LogP contribution in [0, 0.1) is 6.92 Å². The van der Waals surface area contributed by atoms with Gasteiger partial charge in [0.05, 0.1) is 15.5 Å². The summed E-state index contributed by atoms with van der Waals surface area (Å²) in [6.45, 7) is 1.80. The van der Waals surface area contributed by atoms with Crippen LogP contribution in [0.15, 0.2) is 47.4 Å². The molecule has 0 saturated carbocycles. The van der Waals surface area contributed by atoms with Crippen LogP contribution >= 0.6 is 58.0 Å². The van der Waals surface area contributed by atoms with Crippen LogP contribution in [0.1, 0.15) is 15.9 Å². The summed E-state index contributed by atoms with van der Waals surface area (Å²) in [5, 5.41) is 0.755. The highest BCUT2D eigenvalue weighted by molar-refractivity contribution is 7.92. The number of hydrogen-bond acceptors (Lipinski definition) is 3. The van der Waals surface area contributed by atoms with Crippen molar-refractivity contribution in [3.8, 4) is 0 Å². The van der Waals surface area contributed by atoms with E-state index in [0.29, 0.717) is 5.02 Å². The predicted molar refractivity (Wildman–Crippen MR) is 106 cm³/mol.